The first-order chi connectivity index (χ1) is 11.9. The number of ether oxygens (including phenoxy) is 2. The van der Waals surface area contributed by atoms with E-state index in [0.717, 1.165) is 0 Å². The maximum atomic E-state index is 12.0. The molecule has 0 aliphatic carbocycles. The van der Waals surface area contributed by atoms with E-state index >= 15 is 0 Å². The molecule has 0 saturated carbocycles. The van der Waals surface area contributed by atoms with Crippen LogP contribution >= 0.6 is 0 Å². The molecule has 0 bridgehead atoms. The van der Waals surface area contributed by atoms with Gasteiger partial charge in [0.25, 0.3) is 5.91 Å². The van der Waals surface area contributed by atoms with Crippen LogP contribution in [0.2, 0.25) is 0 Å². The molecule has 0 radical (unpaired) electrons. The van der Waals surface area contributed by atoms with Crippen molar-refractivity contribution in [3.05, 3.63) is 42.6 Å². The Balaban J connectivity index is 1.85. The molecule has 0 atom stereocenters. The second-order valence-electron chi connectivity index (χ2n) is 6.11. The predicted molar refractivity (Wildman–Crippen MR) is 96.1 cm³/mol. The van der Waals surface area contributed by atoms with E-state index in [0.29, 0.717) is 23.0 Å². The summed E-state index contributed by atoms with van der Waals surface area (Å²) in [5, 5.41) is 15.1. The molecule has 1 aromatic heterocycles. The quantitative estimate of drug-likeness (QED) is 0.680. The van der Waals surface area contributed by atoms with Crippen LogP contribution in [0.3, 0.4) is 0 Å². The van der Waals surface area contributed by atoms with Crippen molar-refractivity contribution in [2.24, 2.45) is 0 Å². The molecule has 0 aliphatic rings. The van der Waals surface area contributed by atoms with Crippen molar-refractivity contribution in [3.63, 3.8) is 0 Å². The van der Waals surface area contributed by atoms with Gasteiger partial charge < -0.3 is 25.2 Å². The maximum absolute atomic E-state index is 12.0. The zero-order valence-electron chi connectivity index (χ0n) is 14.6. The van der Waals surface area contributed by atoms with Gasteiger partial charge in [-0.05, 0) is 38.1 Å². The number of amides is 1. The van der Waals surface area contributed by atoms with Gasteiger partial charge in [0.1, 0.15) is 17.3 Å². The molecule has 0 fully saturated rings. The summed E-state index contributed by atoms with van der Waals surface area (Å²) in [5.74, 6) is 1.54. The van der Waals surface area contributed by atoms with E-state index in [-0.39, 0.29) is 19.1 Å². The van der Waals surface area contributed by atoms with Crippen LogP contribution < -0.4 is 20.1 Å². The summed E-state index contributed by atoms with van der Waals surface area (Å²) in [6.07, 6.45) is 1.54. The van der Waals surface area contributed by atoms with Gasteiger partial charge in [-0.3, -0.25) is 4.79 Å². The first kappa shape index (κ1) is 18.5. The molecule has 0 saturated heterocycles. The van der Waals surface area contributed by atoms with Crippen LogP contribution in [-0.4, -0.2) is 41.9 Å². The van der Waals surface area contributed by atoms with Gasteiger partial charge in [0, 0.05) is 6.07 Å². The van der Waals surface area contributed by atoms with Gasteiger partial charge in [0.05, 0.1) is 31.1 Å². The van der Waals surface area contributed by atoms with Crippen molar-refractivity contribution in [2.45, 2.75) is 19.4 Å². The average Bonchev–Trinajstić information content (AvgIpc) is 2.61. The van der Waals surface area contributed by atoms with Gasteiger partial charge in [-0.15, -0.1) is 0 Å². The monoisotopic (exact) mass is 345 g/mol. The molecule has 2 aromatic rings. The van der Waals surface area contributed by atoms with Crippen LogP contribution in [0.1, 0.15) is 13.8 Å². The third-order valence-electron chi connectivity index (χ3n) is 3.32. The number of aliphatic hydroxyl groups is 1. The molecule has 25 heavy (non-hydrogen) atoms. The number of hydrogen-bond acceptors (Lipinski definition) is 6. The highest BCUT2D eigenvalue weighted by Crippen LogP contribution is 2.19. The van der Waals surface area contributed by atoms with E-state index < -0.39 is 5.54 Å². The van der Waals surface area contributed by atoms with Crippen LogP contribution in [0.25, 0.3) is 0 Å². The van der Waals surface area contributed by atoms with Crippen molar-refractivity contribution in [2.75, 3.05) is 31.0 Å². The molecular weight excluding hydrogens is 322 g/mol. The largest absolute Gasteiger partial charge is 0.497 e. The van der Waals surface area contributed by atoms with Crippen molar-refractivity contribution >= 4 is 17.4 Å². The molecule has 0 unspecified atom stereocenters. The highest BCUT2D eigenvalue weighted by molar-refractivity contribution is 5.91. The fraction of sp³-hybridized carbons (Fsp3) is 0.333. The molecular formula is C18H23N3O4. The van der Waals surface area contributed by atoms with Gasteiger partial charge in [-0.1, -0.05) is 6.07 Å². The maximum Gasteiger partial charge on any atom is 0.262 e. The lowest BCUT2D eigenvalue weighted by atomic mass is 10.1. The van der Waals surface area contributed by atoms with Gasteiger partial charge >= 0.3 is 0 Å². The molecule has 2 rings (SSSR count). The summed E-state index contributed by atoms with van der Waals surface area (Å²) in [5.41, 5.74) is 0.0918. The zero-order valence-corrected chi connectivity index (χ0v) is 14.6. The SMILES string of the molecule is COc1cccc(OCC(=O)Nc2ccc(NC(C)(C)CO)nc2)c1. The Kier molecular flexibility index (Phi) is 6.19. The highest BCUT2D eigenvalue weighted by atomic mass is 16.5. The van der Waals surface area contributed by atoms with E-state index in [2.05, 4.69) is 15.6 Å². The Morgan fingerprint density at radius 2 is 2.00 bits per heavy atom. The number of carbonyl (C=O) groups is 1. The first-order valence-electron chi connectivity index (χ1n) is 7.84. The Bertz CT molecular complexity index is 702. The van der Waals surface area contributed by atoms with Gasteiger partial charge in [0.15, 0.2) is 6.61 Å². The standard InChI is InChI=1S/C18H23N3O4/c1-18(2,12-22)21-16-8-7-13(10-19-16)20-17(23)11-25-15-6-4-5-14(9-15)24-3/h4-10,22H,11-12H2,1-3H3,(H,19,21)(H,20,23). The predicted octanol–water partition coefficient (Wildman–Crippen LogP) is 2.29. The summed E-state index contributed by atoms with van der Waals surface area (Å²) in [6.45, 7) is 3.58. The number of benzene rings is 1. The van der Waals surface area contributed by atoms with E-state index in [9.17, 15) is 9.90 Å². The Hall–Kier alpha value is -2.80. The molecule has 134 valence electrons. The number of nitrogens with one attached hydrogen (secondary N) is 2. The van der Waals surface area contributed by atoms with Crippen molar-refractivity contribution in [1.29, 1.82) is 0 Å². The summed E-state index contributed by atoms with van der Waals surface area (Å²) in [7, 11) is 1.57. The van der Waals surface area contributed by atoms with Crippen LogP contribution in [0.15, 0.2) is 42.6 Å². The molecule has 1 aromatic carbocycles. The van der Waals surface area contributed by atoms with Crippen molar-refractivity contribution in [1.82, 2.24) is 4.98 Å². The number of hydrogen-bond donors (Lipinski definition) is 3. The molecule has 7 nitrogen and oxygen atoms in total. The van der Waals surface area contributed by atoms with Gasteiger partial charge in [0.2, 0.25) is 0 Å². The smallest absolute Gasteiger partial charge is 0.262 e. The van der Waals surface area contributed by atoms with Crippen LogP contribution in [0.5, 0.6) is 11.5 Å². The zero-order chi connectivity index (χ0) is 18.3. The minimum Gasteiger partial charge on any atom is -0.497 e. The minimum absolute atomic E-state index is 0.0191. The number of anilines is 2. The number of pyridine rings is 1. The molecule has 0 spiro atoms. The lowest BCUT2D eigenvalue weighted by molar-refractivity contribution is -0.118. The van der Waals surface area contributed by atoms with E-state index in [1.54, 1.807) is 49.7 Å². The van der Waals surface area contributed by atoms with Crippen LogP contribution in [0.4, 0.5) is 11.5 Å². The van der Waals surface area contributed by atoms with E-state index in [1.165, 1.54) is 0 Å². The lowest BCUT2D eigenvalue weighted by Crippen LogP contribution is -2.35. The first-order valence-corrected chi connectivity index (χ1v) is 7.84. The summed E-state index contributed by atoms with van der Waals surface area (Å²) in [6, 6.07) is 10.5. The Morgan fingerprint density at radius 1 is 1.24 bits per heavy atom. The summed E-state index contributed by atoms with van der Waals surface area (Å²) in [4.78, 5) is 16.2. The number of aromatic nitrogens is 1. The summed E-state index contributed by atoms with van der Waals surface area (Å²) < 4.78 is 10.5. The van der Waals surface area contributed by atoms with Crippen molar-refractivity contribution in [3.8, 4) is 11.5 Å². The lowest BCUT2D eigenvalue weighted by Gasteiger charge is -2.24. The average molecular weight is 345 g/mol. The molecule has 1 heterocycles. The van der Waals surface area contributed by atoms with Crippen LogP contribution in [-0.2, 0) is 4.79 Å². The molecule has 0 aliphatic heterocycles. The van der Waals surface area contributed by atoms with Gasteiger partial charge in [-0.25, -0.2) is 4.98 Å². The molecule has 7 heteroatoms. The number of nitrogens with zero attached hydrogens (tertiary/aromatic N) is 1. The van der Waals surface area contributed by atoms with Crippen LogP contribution in [0, 0.1) is 0 Å². The Morgan fingerprint density at radius 3 is 2.64 bits per heavy atom. The number of aliphatic hydroxyl groups excluding tert-OH is 1. The molecule has 1 amide bonds. The third kappa shape index (κ3) is 5.96. The molecule has 3 N–H and O–H groups in total. The number of methoxy groups -OCH3 is 1. The number of carbonyl (C=O) groups excluding carboxylic acids is 1. The number of rotatable bonds is 8. The van der Waals surface area contributed by atoms with Crippen molar-refractivity contribution < 1.29 is 19.4 Å². The second-order valence-corrected chi connectivity index (χ2v) is 6.11. The summed E-state index contributed by atoms with van der Waals surface area (Å²) >= 11 is 0. The van der Waals surface area contributed by atoms with Gasteiger partial charge in [-0.2, -0.15) is 0 Å². The minimum atomic E-state index is -0.470. The topological polar surface area (TPSA) is 92.7 Å². The fourth-order valence-corrected chi connectivity index (χ4v) is 1.96. The second kappa shape index (κ2) is 8.34. The normalized spacial score (nSPS) is 10.9. The van der Waals surface area contributed by atoms with E-state index in [4.69, 9.17) is 9.47 Å². The Labute approximate surface area is 147 Å². The third-order valence-corrected chi connectivity index (χ3v) is 3.32. The fourth-order valence-electron chi connectivity index (χ4n) is 1.96. The van der Waals surface area contributed by atoms with E-state index in [1.807, 2.05) is 13.8 Å². The highest BCUT2D eigenvalue weighted by Gasteiger charge is 2.16.